The molecule has 4 nitrogen and oxygen atoms in total. The van der Waals surface area contributed by atoms with Crippen molar-refractivity contribution in [2.75, 3.05) is 32.8 Å². The molecule has 0 radical (unpaired) electrons. The number of ether oxygens (including phenoxy) is 1. The molecule has 1 aliphatic heterocycles. The molecule has 1 heterocycles. The maximum atomic E-state index is 5.99. The molecule has 1 saturated carbocycles. The highest BCUT2D eigenvalue weighted by molar-refractivity contribution is 14.0. The number of nitrogens with one attached hydrogen (secondary N) is 1. The molecule has 1 saturated heterocycles. The zero-order valence-corrected chi connectivity index (χ0v) is 16.7. The Morgan fingerprint density at radius 1 is 1.18 bits per heavy atom. The molecule has 0 amide bonds. The third kappa shape index (κ3) is 6.22. The molecule has 5 heteroatoms. The van der Waals surface area contributed by atoms with E-state index in [0.717, 1.165) is 51.1 Å². The molecule has 0 aromatic rings. The van der Waals surface area contributed by atoms with Crippen LogP contribution >= 0.6 is 24.0 Å². The first kappa shape index (κ1) is 20.0. The van der Waals surface area contributed by atoms with E-state index in [-0.39, 0.29) is 24.0 Å². The Bertz CT molecular complexity index is 313. The van der Waals surface area contributed by atoms with Crippen molar-refractivity contribution in [3.05, 3.63) is 0 Å². The van der Waals surface area contributed by atoms with Gasteiger partial charge in [-0.2, -0.15) is 0 Å². The maximum absolute atomic E-state index is 5.99. The van der Waals surface area contributed by atoms with Crippen molar-refractivity contribution in [2.45, 2.75) is 64.9 Å². The number of halogens is 1. The topological polar surface area (TPSA) is 36.9 Å². The fraction of sp³-hybridized carbons (Fsp3) is 0.941. The minimum Gasteiger partial charge on any atom is -0.378 e. The second kappa shape index (κ2) is 11.5. The van der Waals surface area contributed by atoms with Crippen LogP contribution in [0, 0.1) is 5.92 Å². The van der Waals surface area contributed by atoms with E-state index in [0.29, 0.717) is 6.10 Å². The number of guanidine groups is 1. The Hall–Kier alpha value is -0.0400. The number of rotatable bonds is 7. The van der Waals surface area contributed by atoms with Gasteiger partial charge in [0, 0.05) is 32.8 Å². The Balaban J connectivity index is 0.00000242. The van der Waals surface area contributed by atoms with E-state index < -0.39 is 0 Å². The van der Waals surface area contributed by atoms with E-state index in [4.69, 9.17) is 9.73 Å². The van der Waals surface area contributed by atoms with Crippen LogP contribution in [0.1, 0.15) is 58.8 Å². The van der Waals surface area contributed by atoms with Gasteiger partial charge in [-0.1, -0.05) is 12.8 Å². The van der Waals surface area contributed by atoms with Crippen molar-refractivity contribution in [1.29, 1.82) is 0 Å². The summed E-state index contributed by atoms with van der Waals surface area (Å²) in [5.41, 5.74) is 0. The van der Waals surface area contributed by atoms with Gasteiger partial charge in [0.15, 0.2) is 5.96 Å². The molecule has 0 aromatic carbocycles. The minimum absolute atomic E-state index is 0. The van der Waals surface area contributed by atoms with Gasteiger partial charge in [0.2, 0.25) is 0 Å². The largest absolute Gasteiger partial charge is 0.378 e. The number of aliphatic imine (C=N–C) groups is 1. The number of nitrogens with zero attached hydrogens (tertiary/aromatic N) is 2. The predicted molar refractivity (Wildman–Crippen MR) is 104 cm³/mol. The predicted octanol–water partition coefficient (Wildman–Crippen LogP) is 3.65. The number of hydrogen-bond acceptors (Lipinski definition) is 2. The molecule has 0 spiro atoms. The summed E-state index contributed by atoms with van der Waals surface area (Å²) in [6, 6.07) is 0. The average Bonchev–Trinajstić information content (AvgIpc) is 3.18. The normalized spacial score (nSPS) is 21.0. The standard InChI is InChI=1S/C17H33N3O.HI/c1-3-18-17(20-13-7-8-14-20)19-12-11-16(21-4-2)15-9-5-6-10-15;/h15-16H,3-14H2,1-2H3,(H,18,19);1H. The first-order valence-corrected chi connectivity index (χ1v) is 9.00. The molecule has 1 N–H and O–H groups in total. The summed E-state index contributed by atoms with van der Waals surface area (Å²) in [6.45, 7) is 9.24. The summed E-state index contributed by atoms with van der Waals surface area (Å²) in [7, 11) is 0. The monoisotopic (exact) mass is 423 g/mol. The zero-order valence-electron chi connectivity index (χ0n) is 14.4. The molecule has 0 aromatic heterocycles. The Kier molecular flexibility index (Phi) is 10.4. The quantitative estimate of drug-likeness (QED) is 0.386. The summed E-state index contributed by atoms with van der Waals surface area (Å²) in [5, 5.41) is 3.43. The van der Waals surface area contributed by atoms with Crippen LogP contribution in [0.5, 0.6) is 0 Å². The first-order chi connectivity index (χ1) is 10.3. The molecule has 0 bridgehead atoms. The zero-order chi connectivity index (χ0) is 14.9. The van der Waals surface area contributed by atoms with Gasteiger partial charge in [0.1, 0.15) is 0 Å². The lowest BCUT2D eigenvalue weighted by molar-refractivity contribution is 0.0177. The average molecular weight is 423 g/mol. The van der Waals surface area contributed by atoms with Crippen molar-refractivity contribution in [3.8, 4) is 0 Å². The lowest BCUT2D eigenvalue weighted by Gasteiger charge is -2.24. The lowest BCUT2D eigenvalue weighted by Crippen LogP contribution is -2.39. The smallest absolute Gasteiger partial charge is 0.193 e. The summed E-state index contributed by atoms with van der Waals surface area (Å²) in [4.78, 5) is 7.24. The van der Waals surface area contributed by atoms with Crippen molar-refractivity contribution in [3.63, 3.8) is 0 Å². The van der Waals surface area contributed by atoms with Crippen molar-refractivity contribution < 1.29 is 4.74 Å². The number of likely N-dealkylation sites (tertiary alicyclic amines) is 1. The molecule has 1 atom stereocenters. The van der Waals surface area contributed by atoms with Crippen molar-refractivity contribution >= 4 is 29.9 Å². The lowest BCUT2D eigenvalue weighted by atomic mass is 9.98. The van der Waals surface area contributed by atoms with E-state index >= 15 is 0 Å². The minimum atomic E-state index is 0. The highest BCUT2D eigenvalue weighted by atomic mass is 127. The molecular formula is C17H34IN3O. The van der Waals surface area contributed by atoms with E-state index in [1.54, 1.807) is 0 Å². The van der Waals surface area contributed by atoms with Gasteiger partial charge in [-0.15, -0.1) is 24.0 Å². The van der Waals surface area contributed by atoms with Gasteiger partial charge in [-0.05, 0) is 51.9 Å². The third-order valence-electron chi connectivity index (χ3n) is 4.72. The Labute approximate surface area is 153 Å². The Morgan fingerprint density at radius 3 is 2.45 bits per heavy atom. The van der Waals surface area contributed by atoms with Crippen LogP contribution in [0.3, 0.4) is 0 Å². The Morgan fingerprint density at radius 2 is 1.86 bits per heavy atom. The molecule has 1 aliphatic carbocycles. The van der Waals surface area contributed by atoms with E-state index in [1.807, 2.05) is 0 Å². The van der Waals surface area contributed by atoms with Gasteiger partial charge >= 0.3 is 0 Å². The van der Waals surface area contributed by atoms with Crippen LogP contribution in [0.25, 0.3) is 0 Å². The summed E-state index contributed by atoms with van der Waals surface area (Å²) in [6.07, 6.45) is 9.55. The second-order valence-corrected chi connectivity index (χ2v) is 6.26. The van der Waals surface area contributed by atoms with Gasteiger partial charge in [0.25, 0.3) is 0 Å². The summed E-state index contributed by atoms with van der Waals surface area (Å²) < 4.78 is 5.99. The van der Waals surface area contributed by atoms with Crippen LogP contribution in [-0.4, -0.2) is 49.7 Å². The van der Waals surface area contributed by atoms with Crippen LogP contribution in [-0.2, 0) is 4.74 Å². The molecule has 1 unspecified atom stereocenters. The van der Waals surface area contributed by atoms with Crippen molar-refractivity contribution in [1.82, 2.24) is 10.2 Å². The highest BCUT2D eigenvalue weighted by Crippen LogP contribution is 2.30. The fourth-order valence-corrected chi connectivity index (χ4v) is 3.65. The second-order valence-electron chi connectivity index (χ2n) is 6.26. The van der Waals surface area contributed by atoms with Crippen LogP contribution in [0.2, 0.25) is 0 Å². The SMILES string of the molecule is CCNC(=NCCC(OCC)C1CCCC1)N1CCCC1.I. The maximum Gasteiger partial charge on any atom is 0.193 e. The van der Waals surface area contributed by atoms with Crippen LogP contribution in [0.4, 0.5) is 0 Å². The van der Waals surface area contributed by atoms with Crippen LogP contribution < -0.4 is 5.32 Å². The molecule has 2 aliphatic rings. The van der Waals surface area contributed by atoms with E-state index in [1.165, 1.54) is 38.5 Å². The summed E-state index contributed by atoms with van der Waals surface area (Å²) in [5.74, 6) is 1.88. The molecule has 2 fully saturated rings. The van der Waals surface area contributed by atoms with Gasteiger partial charge in [-0.25, -0.2) is 0 Å². The molecule has 130 valence electrons. The summed E-state index contributed by atoms with van der Waals surface area (Å²) >= 11 is 0. The van der Waals surface area contributed by atoms with Gasteiger partial charge < -0.3 is 15.0 Å². The van der Waals surface area contributed by atoms with Crippen LogP contribution in [0.15, 0.2) is 4.99 Å². The fourth-order valence-electron chi connectivity index (χ4n) is 3.65. The molecule has 22 heavy (non-hydrogen) atoms. The molecular weight excluding hydrogens is 389 g/mol. The molecule has 2 rings (SSSR count). The highest BCUT2D eigenvalue weighted by Gasteiger charge is 2.25. The van der Waals surface area contributed by atoms with Crippen molar-refractivity contribution in [2.24, 2.45) is 10.9 Å². The first-order valence-electron chi connectivity index (χ1n) is 9.00. The van der Waals surface area contributed by atoms with Gasteiger partial charge in [-0.3, -0.25) is 4.99 Å². The van der Waals surface area contributed by atoms with E-state index in [2.05, 4.69) is 24.1 Å². The van der Waals surface area contributed by atoms with Gasteiger partial charge in [0.05, 0.1) is 6.10 Å². The number of hydrogen-bond donors (Lipinski definition) is 1. The third-order valence-corrected chi connectivity index (χ3v) is 4.72. The van der Waals surface area contributed by atoms with E-state index in [9.17, 15) is 0 Å².